The number of carbonyl (C=O) groups is 1. The molecule has 1 amide bonds. The van der Waals surface area contributed by atoms with Gasteiger partial charge >= 0.3 is 0 Å². The molecule has 0 aliphatic heterocycles. The second-order valence-corrected chi connectivity index (χ2v) is 5.16. The first kappa shape index (κ1) is 15.7. The van der Waals surface area contributed by atoms with Gasteiger partial charge in [0.1, 0.15) is 17.4 Å². The zero-order valence-electron chi connectivity index (χ0n) is 13.4. The lowest BCUT2D eigenvalue weighted by molar-refractivity contribution is 0.0937. The van der Waals surface area contributed by atoms with Gasteiger partial charge in [-0.3, -0.25) is 9.89 Å². The predicted octanol–water partition coefficient (Wildman–Crippen LogP) is 2.04. The van der Waals surface area contributed by atoms with Crippen LogP contribution in [0.15, 0.2) is 48.7 Å². The molecule has 1 aromatic carbocycles. The van der Waals surface area contributed by atoms with Crippen LogP contribution in [0.3, 0.4) is 0 Å². The van der Waals surface area contributed by atoms with E-state index in [0.29, 0.717) is 17.2 Å². The van der Waals surface area contributed by atoms with Crippen molar-refractivity contribution in [3.63, 3.8) is 0 Å². The Labute approximate surface area is 139 Å². The number of carbonyl (C=O) groups excluding carboxylic acids is 1. The van der Waals surface area contributed by atoms with Crippen LogP contribution in [0.1, 0.15) is 33.6 Å². The number of ether oxygens (including phenoxy) is 1. The highest BCUT2D eigenvalue weighted by molar-refractivity contribution is 5.96. The maximum absolute atomic E-state index is 12.7. The zero-order valence-corrected chi connectivity index (χ0v) is 13.4. The van der Waals surface area contributed by atoms with Gasteiger partial charge in [-0.25, -0.2) is 9.97 Å². The molecule has 0 aliphatic carbocycles. The van der Waals surface area contributed by atoms with E-state index in [4.69, 9.17) is 4.74 Å². The van der Waals surface area contributed by atoms with Gasteiger partial charge in [0, 0.05) is 6.20 Å². The summed E-state index contributed by atoms with van der Waals surface area (Å²) < 4.78 is 5.15. The quantitative estimate of drug-likeness (QED) is 0.749. The minimum atomic E-state index is -0.478. The Kier molecular flexibility index (Phi) is 4.51. The van der Waals surface area contributed by atoms with Crippen LogP contribution in [0, 0.1) is 6.92 Å². The Morgan fingerprint density at radius 1 is 1.21 bits per heavy atom. The number of nitrogens with one attached hydrogen (secondary N) is 2. The molecule has 1 atom stereocenters. The molecule has 2 N–H and O–H groups in total. The fourth-order valence-electron chi connectivity index (χ4n) is 2.37. The summed E-state index contributed by atoms with van der Waals surface area (Å²) in [6.07, 6.45) is 1.57. The number of methoxy groups -OCH3 is 1. The van der Waals surface area contributed by atoms with Crippen molar-refractivity contribution in [3.05, 3.63) is 71.4 Å². The summed E-state index contributed by atoms with van der Waals surface area (Å²) in [6.45, 7) is 1.81. The number of aromatic amines is 1. The summed E-state index contributed by atoms with van der Waals surface area (Å²) in [4.78, 5) is 21.1. The van der Waals surface area contributed by atoms with Crippen molar-refractivity contribution in [2.75, 3.05) is 7.11 Å². The highest BCUT2D eigenvalue weighted by Crippen LogP contribution is 2.21. The number of hydrogen-bond acceptors (Lipinski definition) is 5. The summed E-state index contributed by atoms with van der Waals surface area (Å²) >= 11 is 0. The lowest BCUT2D eigenvalue weighted by atomic mass is 10.1. The SMILES string of the molecule is COc1ncccc1C(=O)N[C@@H](c1ccccc1)c1n[nH]c(C)n1. The molecule has 7 nitrogen and oxygen atoms in total. The highest BCUT2D eigenvalue weighted by atomic mass is 16.5. The van der Waals surface area contributed by atoms with Crippen LogP contribution in [0.2, 0.25) is 0 Å². The molecule has 0 radical (unpaired) electrons. The Hall–Kier alpha value is -3.22. The normalized spacial score (nSPS) is 11.8. The number of H-pyrrole nitrogens is 1. The van der Waals surface area contributed by atoms with E-state index in [1.54, 1.807) is 18.3 Å². The molecule has 0 saturated heterocycles. The minimum Gasteiger partial charge on any atom is -0.480 e. The number of nitrogens with zero attached hydrogens (tertiary/aromatic N) is 3. The number of amides is 1. The van der Waals surface area contributed by atoms with Gasteiger partial charge in [0.15, 0.2) is 5.82 Å². The lowest BCUT2D eigenvalue weighted by Crippen LogP contribution is -2.30. The van der Waals surface area contributed by atoms with Crippen molar-refractivity contribution in [2.45, 2.75) is 13.0 Å². The van der Waals surface area contributed by atoms with E-state index < -0.39 is 6.04 Å². The maximum atomic E-state index is 12.7. The van der Waals surface area contributed by atoms with Crippen LogP contribution >= 0.6 is 0 Å². The Bertz CT molecular complexity index is 832. The van der Waals surface area contributed by atoms with Gasteiger partial charge in [-0.2, -0.15) is 5.10 Å². The molecule has 2 aromatic heterocycles. The van der Waals surface area contributed by atoms with Crippen LogP contribution in [-0.2, 0) is 0 Å². The van der Waals surface area contributed by atoms with Gasteiger partial charge in [-0.05, 0) is 24.6 Å². The second-order valence-electron chi connectivity index (χ2n) is 5.16. The number of aromatic nitrogens is 4. The molecule has 0 bridgehead atoms. The summed E-state index contributed by atoms with van der Waals surface area (Å²) in [7, 11) is 1.48. The van der Waals surface area contributed by atoms with Crippen LogP contribution in [-0.4, -0.2) is 33.2 Å². The van der Waals surface area contributed by atoms with Crippen LogP contribution < -0.4 is 10.1 Å². The summed E-state index contributed by atoms with van der Waals surface area (Å²) in [6, 6.07) is 12.4. The molecule has 0 saturated carbocycles. The van der Waals surface area contributed by atoms with Crippen LogP contribution in [0.4, 0.5) is 0 Å². The van der Waals surface area contributed by atoms with Crippen molar-refractivity contribution in [1.29, 1.82) is 0 Å². The summed E-state index contributed by atoms with van der Waals surface area (Å²) in [5.41, 5.74) is 1.24. The minimum absolute atomic E-state index is 0.271. The smallest absolute Gasteiger partial charge is 0.257 e. The topological polar surface area (TPSA) is 92.8 Å². The molecule has 3 rings (SSSR count). The number of rotatable bonds is 5. The van der Waals surface area contributed by atoms with Crippen LogP contribution in [0.5, 0.6) is 5.88 Å². The molecular formula is C17H17N5O2. The molecule has 7 heteroatoms. The molecular weight excluding hydrogens is 306 g/mol. The van der Waals surface area contributed by atoms with Crippen molar-refractivity contribution in [1.82, 2.24) is 25.5 Å². The number of pyridine rings is 1. The van der Waals surface area contributed by atoms with E-state index in [1.165, 1.54) is 7.11 Å². The first-order valence-electron chi connectivity index (χ1n) is 7.42. The van der Waals surface area contributed by atoms with Gasteiger partial charge in [-0.15, -0.1) is 0 Å². The van der Waals surface area contributed by atoms with Gasteiger partial charge in [0.2, 0.25) is 5.88 Å². The third-order valence-electron chi connectivity index (χ3n) is 3.49. The number of aryl methyl sites for hydroxylation is 1. The monoisotopic (exact) mass is 323 g/mol. The summed E-state index contributed by atoms with van der Waals surface area (Å²) in [5.74, 6) is 1.14. The lowest BCUT2D eigenvalue weighted by Gasteiger charge is -2.17. The van der Waals surface area contributed by atoms with Gasteiger partial charge in [-0.1, -0.05) is 30.3 Å². The van der Waals surface area contributed by atoms with Gasteiger partial charge < -0.3 is 10.1 Å². The first-order valence-corrected chi connectivity index (χ1v) is 7.42. The highest BCUT2D eigenvalue weighted by Gasteiger charge is 2.23. The zero-order chi connectivity index (χ0) is 16.9. The third kappa shape index (κ3) is 3.24. The fourth-order valence-corrected chi connectivity index (χ4v) is 2.37. The molecule has 0 unspecified atom stereocenters. The first-order chi connectivity index (χ1) is 11.7. The molecule has 0 aliphatic rings. The van der Waals surface area contributed by atoms with Crippen molar-refractivity contribution in [3.8, 4) is 5.88 Å². The van der Waals surface area contributed by atoms with Gasteiger partial charge in [0.25, 0.3) is 5.91 Å². The van der Waals surface area contributed by atoms with Crippen molar-refractivity contribution >= 4 is 5.91 Å². The molecule has 3 aromatic rings. The average Bonchev–Trinajstić information content (AvgIpc) is 3.06. The maximum Gasteiger partial charge on any atom is 0.257 e. The van der Waals surface area contributed by atoms with E-state index in [-0.39, 0.29) is 11.8 Å². The van der Waals surface area contributed by atoms with E-state index >= 15 is 0 Å². The predicted molar refractivity (Wildman–Crippen MR) is 87.7 cm³/mol. The molecule has 24 heavy (non-hydrogen) atoms. The standard InChI is InChI=1S/C17H17N5O2/c1-11-19-15(22-21-11)14(12-7-4-3-5-8-12)20-16(23)13-9-6-10-18-17(13)24-2/h3-10,14H,1-2H3,(H,20,23)(H,19,21,22)/t14-/m0/s1. The average molecular weight is 323 g/mol. The van der Waals surface area contributed by atoms with Crippen molar-refractivity contribution < 1.29 is 9.53 Å². The van der Waals surface area contributed by atoms with Crippen molar-refractivity contribution in [2.24, 2.45) is 0 Å². The Morgan fingerprint density at radius 3 is 2.67 bits per heavy atom. The van der Waals surface area contributed by atoms with Crippen LogP contribution in [0.25, 0.3) is 0 Å². The summed E-state index contributed by atoms with van der Waals surface area (Å²) in [5, 5.41) is 9.94. The largest absolute Gasteiger partial charge is 0.480 e. The second kappa shape index (κ2) is 6.91. The fraction of sp³-hybridized carbons (Fsp3) is 0.176. The molecule has 2 heterocycles. The molecule has 122 valence electrons. The van der Waals surface area contributed by atoms with Gasteiger partial charge in [0.05, 0.1) is 7.11 Å². The van der Waals surface area contributed by atoms with E-state index in [1.807, 2.05) is 37.3 Å². The molecule has 0 spiro atoms. The number of hydrogen-bond donors (Lipinski definition) is 2. The van der Waals surface area contributed by atoms with E-state index in [2.05, 4.69) is 25.5 Å². The Morgan fingerprint density at radius 2 is 2.00 bits per heavy atom. The Balaban J connectivity index is 1.94. The van der Waals surface area contributed by atoms with E-state index in [9.17, 15) is 4.79 Å². The third-order valence-corrected chi connectivity index (χ3v) is 3.49. The number of benzene rings is 1. The van der Waals surface area contributed by atoms with E-state index in [0.717, 1.165) is 5.56 Å². The molecule has 0 fully saturated rings.